The molecule has 0 bridgehead atoms. The molecule has 1 unspecified atom stereocenters. The van der Waals surface area contributed by atoms with Crippen molar-refractivity contribution in [3.63, 3.8) is 0 Å². The minimum atomic E-state index is 0.335. The van der Waals surface area contributed by atoms with Gasteiger partial charge in [0.05, 0.1) is 6.10 Å². The van der Waals surface area contributed by atoms with Crippen LogP contribution in [0.3, 0.4) is 0 Å². The van der Waals surface area contributed by atoms with Crippen LogP contribution in [-0.4, -0.2) is 35.2 Å². The first kappa shape index (κ1) is 15.4. The number of rotatable bonds is 6. The van der Waals surface area contributed by atoms with E-state index in [9.17, 15) is 0 Å². The van der Waals surface area contributed by atoms with Gasteiger partial charge in [0, 0.05) is 31.2 Å². The Kier molecular flexibility index (Phi) is 5.05. The van der Waals surface area contributed by atoms with Crippen molar-refractivity contribution < 1.29 is 4.74 Å². The zero-order chi connectivity index (χ0) is 15.4. The van der Waals surface area contributed by atoms with E-state index in [1.54, 1.807) is 0 Å². The van der Waals surface area contributed by atoms with E-state index in [4.69, 9.17) is 4.74 Å². The van der Waals surface area contributed by atoms with Crippen LogP contribution in [0.15, 0.2) is 24.3 Å². The summed E-state index contributed by atoms with van der Waals surface area (Å²) < 4.78 is 10.1. The molecule has 0 spiro atoms. The van der Waals surface area contributed by atoms with Crippen LogP contribution >= 0.6 is 11.5 Å². The molecule has 3 rings (SSSR count). The molecule has 2 heterocycles. The van der Waals surface area contributed by atoms with Gasteiger partial charge in [-0.05, 0) is 38.7 Å². The number of aromatic nitrogens is 2. The summed E-state index contributed by atoms with van der Waals surface area (Å²) >= 11 is 1.49. The van der Waals surface area contributed by atoms with Gasteiger partial charge >= 0.3 is 0 Å². The molecule has 1 aromatic heterocycles. The minimum absolute atomic E-state index is 0.335. The summed E-state index contributed by atoms with van der Waals surface area (Å²) in [6.07, 6.45) is 3.68. The molecule has 0 radical (unpaired) electrons. The van der Waals surface area contributed by atoms with Gasteiger partial charge in [0.25, 0.3) is 0 Å². The average molecular weight is 317 g/mol. The lowest BCUT2D eigenvalue weighted by atomic mass is 10.1. The standard InChI is InChI=1S/C17H23N3OS/c1-13-5-7-15(8-6-13)9-10-20(12-16-4-3-11-21-16)17-18-14(2)19-22-17/h5-8,16H,3-4,9-12H2,1-2H3. The predicted octanol–water partition coefficient (Wildman–Crippen LogP) is 3.38. The number of anilines is 1. The Balaban J connectivity index is 1.66. The van der Waals surface area contributed by atoms with Gasteiger partial charge in [-0.25, -0.2) is 4.98 Å². The second-order valence-corrected chi connectivity index (χ2v) is 6.67. The van der Waals surface area contributed by atoms with Crippen LogP contribution in [0.2, 0.25) is 0 Å². The molecule has 2 aromatic rings. The van der Waals surface area contributed by atoms with Crippen LogP contribution in [0.1, 0.15) is 29.8 Å². The molecular weight excluding hydrogens is 294 g/mol. The molecule has 0 aliphatic carbocycles. The third kappa shape index (κ3) is 4.05. The van der Waals surface area contributed by atoms with Crippen LogP contribution in [0.5, 0.6) is 0 Å². The molecular formula is C17H23N3OS. The van der Waals surface area contributed by atoms with Crippen LogP contribution in [0, 0.1) is 13.8 Å². The quantitative estimate of drug-likeness (QED) is 0.818. The van der Waals surface area contributed by atoms with E-state index < -0.39 is 0 Å². The highest BCUT2D eigenvalue weighted by atomic mass is 32.1. The Hall–Kier alpha value is -1.46. The number of nitrogens with zero attached hydrogens (tertiary/aromatic N) is 3. The largest absolute Gasteiger partial charge is 0.376 e. The summed E-state index contributed by atoms with van der Waals surface area (Å²) in [5.41, 5.74) is 2.67. The van der Waals surface area contributed by atoms with Gasteiger partial charge in [-0.15, -0.1) is 0 Å². The zero-order valence-electron chi connectivity index (χ0n) is 13.3. The van der Waals surface area contributed by atoms with Crippen LogP contribution in [0.4, 0.5) is 5.13 Å². The normalized spacial score (nSPS) is 17.8. The number of benzene rings is 1. The Morgan fingerprint density at radius 1 is 1.27 bits per heavy atom. The van der Waals surface area contributed by atoms with Gasteiger partial charge in [0.15, 0.2) is 0 Å². The molecule has 22 heavy (non-hydrogen) atoms. The maximum Gasteiger partial charge on any atom is 0.205 e. The van der Waals surface area contributed by atoms with Crippen LogP contribution in [-0.2, 0) is 11.2 Å². The molecule has 0 amide bonds. The third-order valence-electron chi connectivity index (χ3n) is 4.03. The van der Waals surface area contributed by atoms with Gasteiger partial charge in [-0.1, -0.05) is 29.8 Å². The number of aryl methyl sites for hydroxylation is 2. The minimum Gasteiger partial charge on any atom is -0.376 e. The second-order valence-electron chi connectivity index (χ2n) is 5.94. The van der Waals surface area contributed by atoms with E-state index in [1.165, 1.54) is 29.1 Å². The summed E-state index contributed by atoms with van der Waals surface area (Å²) in [5, 5.41) is 1.01. The van der Waals surface area contributed by atoms with Gasteiger partial charge in [-0.2, -0.15) is 4.37 Å². The van der Waals surface area contributed by atoms with E-state index >= 15 is 0 Å². The highest BCUT2D eigenvalue weighted by Crippen LogP contribution is 2.21. The Bertz CT molecular complexity index is 590. The fraction of sp³-hybridized carbons (Fsp3) is 0.529. The fourth-order valence-corrected chi connectivity index (χ4v) is 3.44. The lowest BCUT2D eigenvalue weighted by Gasteiger charge is -2.24. The number of hydrogen-bond donors (Lipinski definition) is 0. The smallest absolute Gasteiger partial charge is 0.205 e. The summed E-state index contributed by atoms with van der Waals surface area (Å²) in [4.78, 5) is 6.89. The molecule has 1 aliphatic heterocycles. The summed E-state index contributed by atoms with van der Waals surface area (Å²) in [5.74, 6) is 0.854. The van der Waals surface area contributed by atoms with Gasteiger partial charge in [-0.3, -0.25) is 0 Å². The van der Waals surface area contributed by atoms with Crippen LogP contribution in [0.25, 0.3) is 0 Å². The molecule has 1 aromatic carbocycles. The summed E-state index contributed by atoms with van der Waals surface area (Å²) in [6.45, 7) is 6.84. The molecule has 1 aliphatic rings. The van der Waals surface area contributed by atoms with Crippen molar-refractivity contribution in [2.75, 3.05) is 24.6 Å². The zero-order valence-corrected chi connectivity index (χ0v) is 14.1. The maximum atomic E-state index is 5.79. The molecule has 5 heteroatoms. The number of hydrogen-bond acceptors (Lipinski definition) is 5. The Morgan fingerprint density at radius 3 is 2.73 bits per heavy atom. The monoisotopic (exact) mass is 317 g/mol. The first-order valence-electron chi connectivity index (χ1n) is 7.93. The molecule has 4 nitrogen and oxygen atoms in total. The van der Waals surface area contributed by atoms with Gasteiger partial charge in [0.2, 0.25) is 5.13 Å². The Labute approximate surface area is 136 Å². The topological polar surface area (TPSA) is 38.2 Å². The molecule has 1 fully saturated rings. The van der Waals surface area contributed by atoms with E-state index in [0.29, 0.717) is 6.10 Å². The third-order valence-corrected chi connectivity index (χ3v) is 4.89. The van der Waals surface area contributed by atoms with Crippen molar-refractivity contribution in [3.05, 3.63) is 41.2 Å². The number of ether oxygens (including phenoxy) is 1. The van der Waals surface area contributed by atoms with Crippen molar-refractivity contribution in [2.24, 2.45) is 0 Å². The molecule has 1 atom stereocenters. The van der Waals surface area contributed by atoms with Crippen molar-refractivity contribution in [1.29, 1.82) is 0 Å². The SMILES string of the molecule is Cc1ccc(CCN(CC2CCCO2)c2nc(C)ns2)cc1. The lowest BCUT2D eigenvalue weighted by molar-refractivity contribution is 0.115. The van der Waals surface area contributed by atoms with Crippen molar-refractivity contribution >= 4 is 16.7 Å². The maximum absolute atomic E-state index is 5.79. The van der Waals surface area contributed by atoms with Crippen LogP contribution < -0.4 is 4.90 Å². The van der Waals surface area contributed by atoms with E-state index in [-0.39, 0.29) is 0 Å². The fourth-order valence-electron chi connectivity index (χ4n) is 2.73. The Morgan fingerprint density at radius 2 is 2.09 bits per heavy atom. The van der Waals surface area contributed by atoms with E-state index in [1.807, 2.05) is 6.92 Å². The van der Waals surface area contributed by atoms with Crippen molar-refractivity contribution in [3.8, 4) is 0 Å². The second kappa shape index (κ2) is 7.20. The molecule has 118 valence electrons. The van der Waals surface area contributed by atoms with Gasteiger partial charge < -0.3 is 9.64 Å². The molecule has 1 saturated heterocycles. The first-order chi connectivity index (χ1) is 10.7. The van der Waals surface area contributed by atoms with E-state index in [2.05, 4.69) is 45.4 Å². The van der Waals surface area contributed by atoms with Gasteiger partial charge in [0.1, 0.15) is 5.82 Å². The predicted molar refractivity (Wildman–Crippen MR) is 90.7 cm³/mol. The average Bonchev–Trinajstić information content (AvgIpc) is 3.16. The van der Waals surface area contributed by atoms with Crippen molar-refractivity contribution in [2.45, 2.75) is 39.2 Å². The summed E-state index contributed by atoms with van der Waals surface area (Å²) in [6, 6.07) is 8.78. The van der Waals surface area contributed by atoms with Crippen molar-refractivity contribution in [1.82, 2.24) is 9.36 Å². The first-order valence-corrected chi connectivity index (χ1v) is 8.70. The summed E-state index contributed by atoms with van der Waals surface area (Å²) in [7, 11) is 0. The highest BCUT2D eigenvalue weighted by molar-refractivity contribution is 7.09. The highest BCUT2D eigenvalue weighted by Gasteiger charge is 2.21. The van der Waals surface area contributed by atoms with E-state index in [0.717, 1.165) is 43.5 Å². The molecule has 0 N–H and O–H groups in total. The lowest BCUT2D eigenvalue weighted by Crippen LogP contribution is -2.33. The molecule has 0 saturated carbocycles.